The van der Waals surface area contributed by atoms with Gasteiger partial charge >= 0.3 is 0 Å². The zero-order valence-electron chi connectivity index (χ0n) is 8.64. The molecule has 16 heavy (non-hydrogen) atoms. The lowest BCUT2D eigenvalue weighted by atomic mass is 10.3. The van der Waals surface area contributed by atoms with Crippen molar-refractivity contribution >= 4 is 15.9 Å². The van der Waals surface area contributed by atoms with Gasteiger partial charge in [-0.2, -0.15) is 0 Å². The molecule has 0 amide bonds. The highest BCUT2D eigenvalue weighted by atomic mass is 79.9. The Kier molecular flexibility index (Phi) is 3.46. The minimum atomic E-state index is 0.352. The molecule has 1 aromatic heterocycles. The molecule has 0 N–H and O–H groups in total. The van der Waals surface area contributed by atoms with Crippen molar-refractivity contribution in [2.24, 2.45) is 0 Å². The zero-order valence-corrected chi connectivity index (χ0v) is 10.2. The summed E-state index contributed by atoms with van der Waals surface area (Å²) in [5.41, 5.74) is 0. The molecular weight excluding hydrogens is 274 g/mol. The molecule has 0 bridgehead atoms. The molecule has 0 aliphatic heterocycles. The average Bonchev–Trinajstić information content (AvgIpc) is 2.73. The second-order valence-corrected chi connectivity index (χ2v) is 3.89. The van der Waals surface area contributed by atoms with Crippen LogP contribution < -0.4 is 9.47 Å². The van der Waals surface area contributed by atoms with Gasteiger partial charge in [-0.3, -0.25) is 0 Å². The summed E-state index contributed by atoms with van der Waals surface area (Å²) in [5, 5.41) is 3.70. The van der Waals surface area contributed by atoms with Crippen LogP contribution in [0.15, 0.2) is 39.5 Å². The summed E-state index contributed by atoms with van der Waals surface area (Å²) < 4.78 is 16.2. The van der Waals surface area contributed by atoms with E-state index in [4.69, 9.17) is 14.0 Å². The first-order chi connectivity index (χ1) is 7.78. The van der Waals surface area contributed by atoms with Crippen molar-refractivity contribution in [3.8, 4) is 11.5 Å². The zero-order chi connectivity index (χ0) is 11.4. The van der Waals surface area contributed by atoms with E-state index in [1.165, 1.54) is 0 Å². The minimum Gasteiger partial charge on any atom is -0.497 e. The maximum Gasteiger partial charge on any atom is 0.175 e. The SMILES string of the molecule is COc1ccc(OCc2cc(Br)no2)cc1. The summed E-state index contributed by atoms with van der Waals surface area (Å²) in [6.45, 7) is 0.352. The Hall–Kier alpha value is -1.49. The standard InChI is InChI=1S/C11H10BrNO3/c1-14-8-2-4-9(5-3-8)15-7-10-6-11(12)13-16-10/h2-6H,7H2,1H3. The highest BCUT2D eigenvalue weighted by Crippen LogP contribution is 2.18. The lowest BCUT2D eigenvalue weighted by molar-refractivity contribution is 0.248. The van der Waals surface area contributed by atoms with Crippen LogP contribution in [0.1, 0.15) is 5.76 Å². The van der Waals surface area contributed by atoms with Gasteiger partial charge in [-0.1, -0.05) is 5.16 Å². The Labute approximate surface area is 101 Å². The van der Waals surface area contributed by atoms with Gasteiger partial charge in [-0.05, 0) is 40.2 Å². The Balaban J connectivity index is 1.94. The van der Waals surface area contributed by atoms with Crippen LogP contribution in [0.25, 0.3) is 0 Å². The molecule has 0 saturated carbocycles. The molecule has 0 spiro atoms. The molecule has 1 heterocycles. The van der Waals surface area contributed by atoms with Crippen molar-refractivity contribution < 1.29 is 14.0 Å². The van der Waals surface area contributed by atoms with Gasteiger partial charge in [-0.15, -0.1) is 0 Å². The van der Waals surface area contributed by atoms with Crippen LogP contribution in [0, 0.1) is 0 Å². The summed E-state index contributed by atoms with van der Waals surface area (Å²) >= 11 is 3.20. The molecule has 2 aromatic rings. The first kappa shape index (κ1) is 11.0. The Morgan fingerprint density at radius 2 is 1.94 bits per heavy atom. The Bertz CT molecular complexity index is 453. The summed E-state index contributed by atoms with van der Waals surface area (Å²) in [5.74, 6) is 2.23. The molecule has 0 unspecified atom stereocenters. The second kappa shape index (κ2) is 5.03. The number of hydrogen-bond donors (Lipinski definition) is 0. The molecule has 5 heteroatoms. The fourth-order valence-electron chi connectivity index (χ4n) is 1.18. The third kappa shape index (κ3) is 2.76. The molecule has 4 nitrogen and oxygen atoms in total. The van der Waals surface area contributed by atoms with Gasteiger partial charge in [-0.25, -0.2) is 0 Å². The third-order valence-corrected chi connectivity index (χ3v) is 2.34. The fraction of sp³-hybridized carbons (Fsp3) is 0.182. The van der Waals surface area contributed by atoms with E-state index in [2.05, 4.69) is 21.1 Å². The lowest BCUT2D eigenvalue weighted by Gasteiger charge is -2.04. The number of ether oxygens (including phenoxy) is 2. The van der Waals surface area contributed by atoms with Gasteiger partial charge in [0.25, 0.3) is 0 Å². The summed E-state index contributed by atoms with van der Waals surface area (Å²) in [6.07, 6.45) is 0. The predicted molar refractivity (Wildman–Crippen MR) is 61.5 cm³/mol. The summed E-state index contributed by atoms with van der Waals surface area (Å²) in [7, 11) is 1.63. The number of nitrogens with zero attached hydrogens (tertiary/aromatic N) is 1. The molecule has 0 radical (unpaired) electrons. The first-order valence-corrected chi connectivity index (χ1v) is 5.45. The number of hydrogen-bond acceptors (Lipinski definition) is 4. The first-order valence-electron chi connectivity index (χ1n) is 4.66. The molecule has 0 aliphatic carbocycles. The monoisotopic (exact) mass is 283 g/mol. The number of halogens is 1. The van der Waals surface area contributed by atoms with Gasteiger partial charge < -0.3 is 14.0 Å². The molecule has 0 atom stereocenters. The normalized spacial score (nSPS) is 10.1. The van der Waals surface area contributed by atoms with Gasteiger partial charge in [0.1, 0.15) is 22.7 Å². The van der Waals surface area contributed by atoms with E-state index in [0.29, 0.717) is 17.0 Å². The smallest absolute Gasteiger partial charge is 0.175 e. The fourth-order valence-corrected chi connectivity index (χ4v) is 1.51. The molecule has 0 fully saturated rings. The molecule has 0 aliphatic rings. The topological polar surface area (TPSA) is 44.5 Å². The molecular formula is C11H10BrNO3. The summed E-state index contributed by atoms with van der Waals surface area (Å²) in [4.78, 5) is 0. The largest absolute Gasteiger partial charge is 0.497 e. The minimum absolute atomic E-state index is 0.352. The maximum atomic E-state index is 5.49. The second-order valence-electron chi connectivity index (χ2n) is 3.08. The lowest BCUT2D eigenvalue weighted by Crippen LogP contribution is -1.93. The van der Waals surface area contributed by atoms with Gasteiger partial charge in [0.05, 0.1) is 7.11 Å². The van der Waals surface area contributed by atoms with E-state index in [9.17, 15) is 0 Å². The predicted octanol–water partition coefficient (Wildman–Crippen LogP) is 3.02. The van der Waals surface area contributed by atoms with Crippen LogP contribution >= 0.6 is 15.9 Å². The van der Waals surface area contributed by atoms with Crippen LogP contribution in [0.2, 0.25) is 0 Å². The average molecular weight is 284 g/mol. The van der Waals surface area contributed by atoms with E-state index < -0.39 is 0 Å². The third-order valence-electron chi connectivity index (χ3n) is 1.97. The number of aromatic nitrogens is 1. The maximum absolute atomic E-state index is 5.49. The highest BCUT2D eigenvalue weighted by Gasteiger charge is 2.02. The molecule has 1 aromatic carbocycles. The van der Waals surface area contributed by atoms with Crippen LogP contribution in [0.4, 0.5) is 0 Å². The van der Waals surface area contributed by atoms with Crippen molar-refractivity contribution in [3.63, 3.8) is 0 Å². The van der Waals surface area contributed by atoms with Crippen molar-refractivity contribution in [2.45, 2.75) is 6.61 Å². The van der Waals surface area contributed by atoms with E-state index in [1.54, 1.807) is 13.2 Å². The van der Waals surface area contributed by atoms with Crippen molar-refractivity contribution in [1.82, 2.24) is 5.16 Å². The van der Waals surface area contributed by atoms with E-state index in [1.807, 2.05) is 24.3 Å². The molecule has 84 valence electrons. The molecule has 2 rings (SSSR count). The van der Waals surface area contributed by atoms with E-state index >= 15 is 0 Å². The van der Waals surface area contributed by atoms with Crippen molar-refractivity contribution in [1.29, 1.82) is 0 Å². The van der Waals surface area contributed by atoms with Gasteiger partial charge in [0.15, 0.2) is 5.76 Å². The van der Waals surface area contributed by atoms with Gasteiger partial charge in [0, 0.05) is 6.07 Å². The van der Waals surface area contributed by atoms with Crippen LogP contribution in [0.5, 0.6) is 11.5 Å². The van der Waals surface area contributed by atoms with Crippen LogP contribution in [-0.4, -0.2) is 12.3 Å². The van der Waals surface area contributed by atoms with Crippen molar-refractivity contribution in [2.75, 3.05) is 7.11 Å². The van der Waals surface area contributed by atoms with E-state index in [0.717, 1.165) is 11.5 Å². The van der Waals surface area contributed by atoms with Crippen molar-refractivity contribution in [3.05, 3.63) is 40.7 Å². The highest BCUT2D eigenvalue weighted by molar-refractivity contribution is 9.10. The van der Waals surface area contributed by atoms with Gasteiger partial charge in [0.2, 0.25) is 0 Å². The number of rotatable bonds is 4. The number of methoxy groups -OCH3 is 1. The number of benzene rings is 1. The molecule has 0 saturated heterocycles. The van der Waals surface area contributed by atoms with Crippen LogP contribution in [-0.2, 0) is 6.61 Å². The summed E-state index contributed by atoms with van der Waals surface area (Å²) in [6, 6.07) is 9.12. The Morgan fingerprint density at radius 1 is 1.25 bits per heavy atom. The quantitative estimate of drug-likeness (QED) is 0.865. The van der Waals surface area contributed by atoms with Crippen LogP contribution in [0.3, 0.4) is 0 Å². The van der Waals surface area contributed by atoms with E-state index in [-0.39, 0.29) is 0 Å². The Morgan fingerprint density at radius 3 is 2.50 bits per heavy atom.